The summed E-state index contributed by atoms with van der Waals surface area (Å²) in [6, 6.07) is 6.55. The SMILES string of the molecule is Cc1ccc(NS(=O)(=O)c2cnc(Cl)c(Cl)c2)cc1I. The molecule has 0 saturated carbocycles. The van der Waals surface area contributed by atoms with Crippen molar-refractivity contribution in [2.45, 2.75) is 11.8 Å². The minimum Gasteiger partial charge on any atom is -0.280 e. The van der Waals surface area contributed by atoms with Crippen molar-refractivity contribution in [1.29, 1.82) is 0 Å². The predicted molar refractivity (Wildman–Crippen MR) is 89.0 cm³/mol. The molecule has 0 aliphatic heterocycles. The van der Waals surface area contributed by atoms with E-state index in [9.17, 15) is 8.42 Å². The minimum atomic E-state index is -3.74. The molecule has 0 amide bonds. The summed E-state index contributed by atoms with van der Waals surface area (Å²) in [6.07, 6.45) is 1.16. The van der Waals surface area contributed by atoms with Crippen LogP contribution in [0.2, 0.25) is 10.2 Å². The first-order valence-corrected chi connectivity index (χ1v) is 8.71. The molecule has 0 bridgehead atoms. The molecular formula is C12H9Cl2IN2O2S. The summed E-state index contributed by atoms with van der Waals surface area (Å²) >= 11 is 13.6. The van der Waals surface area contributed by atoms with Crippen molar-refractivity contribution in [1.82, 2.24) is 4.98 Å². The van der Waals surface area contributed by atoms with Crippen LogP contribution in [0.5, 0.6) is 0 Å². The molecule has 8 heteroatoms. The molecule has 0 spiro atoms. The minimum absolute atomic E-state index is 0.0394. The molecule has 0 fully saturated rings. The lowest BCUT2D eigenvalue weighted by atomic mass is 10.2. The number of nitrogens with zero attached hydrogens (tertiary/aromatic N) is 1. The molecule has 0 radical (unpaired) electrons. The van der Waals surface area contributed by atoms with Crippen LogP contribution in [0.4, 0.5) is 5.69 Å². The van der Waals surface area contributed by atoms with Crippen LogP contribution in [-0.4, -0.2) is 13.4 Å². The van der Waals surface area contributed by atoms with Crippen LogP contribution in [0, 0.1) is 10.5 Å². The lowest BCUT2D eigenvalue weighted by Crippen LogP contribution is -2.13. The summed E-state index contributed by atoms with van der Waals surface area (Å²) in [5.74, 6) is 0. The molecule has 1 heterocycles. The van der Waals surface area contributed by atoms with E-state index in [0.29, 0.717) is 5.69 Å². The van der Waals surface area contributed by atoms with Gasteiger partial charge >= 0.3 is 0 Å². The van der Waals surface area contributed by atoms with Crippen LogP contribution >= 0.6 is 45.8 Å². The molecular weight excluding hydrogens is 434 g/mol. The zero-order chi connectivity index (χ0) is 14.9. The maximum Gasteiger partial charge on any atom is 0.263 e. The lowest BCUT2D eigenvalue weighted by Gasteiger charge is -2.09. The van der Waals surface area contributed by atoms with Gasteiger partial charge < -0.3 is 0 Å². The van der Waals surface area contributed by atoms with Crippen LogP contribution in [0.25, 0.3) is 0 Å². The van der Waals surface area contributed by atoms with Gasteiger partial charge in [-0.05, 0) is 53.3 Å². The second kappa shape index (κ2) is 6.05. The number of halogens is 3. The molecule has 20 heavy (non-hydrogen) atoms. The van der Waals surface area contributed by atoms with Crippen LogP contribution in [-0.2, 0) is 10.0 Å². The molecule has 0 unspecified atom stereocenters. The lowest BCUT2D eigenvalue weighted by molar-refractivity contribution is 0.601. The Balaban J connectivity index is 2.35. The van der Waals surface area contributed by atoms with Gasteiger partial charge in [0.05, 0.1) is 5.02 Å². The number of rotatable bonds is 3. The highest BCUT2D eigenvalue weighted by Crippen LogP contribution is 2.24. The number of hydrogen-bond acceptors (Lipinski definition) is 3. The topological polar surface area (TPSA) is 59.1 Å². The summed E-state index contributed by atoms with van der Waals surface area (Å²) in [7, 11) is -3.74. The molecule has 0 aliphatic rings. The molecule has 1 aromatic carbocycles. The van der Waals surface area contributed by atoms with Gasteiger partial charge in [-0.3, -0.25) is 4.72 Å². The summed E-state index contributed by atoms with van der Waals surface area (Å²) in [6.45, 7) is 1.95. The molecule has 4 nitrogen and oxygen atoms in total. The van der Waals surface area contributed by atoms with Crippen LogP contribution in [0.1, 0.15) is 5.56 Å². The van der Waals surface area contributed by atoms with Crippen molar-refractivity contribution < 1.29 is 8.42 Å². The Morgan fingerprint density at radius 3 is 2.55 bits per heavy atom. The Morgan fingerprint density at radius 2 is 1.95 bits per heavy atom. The fourth-order valence-corrected chi connectivity index (χ4v) is 3.29. The molecule has 0 aliphatic carbocycles. The standard InChI is InChI=1S/C12H9Cl2IN2O2S/c1-7-2-3-8(4-11(7)15)17-20(18,19)9-5-10(13)12(14)16-6-9/h2-6,17H,1H3. The van der Waals surface area contributed by atoms with Crippen LogP contribution in [0.3, 0.4) is 0 Å². The molecule has 0 atom stereocenters. The first kappa shape index (κ1) is 15.8. The summed E-state index contributed by atoms with van der Waals surface area (Å²) in [5.41, 5.74) is 1.55. The van der Waals surface area contributed by atoms with Crippen molar-refractivity contribution in [3.05, 3.63) is 49.8 Å². The van der Waals surface area contributed by atoms with Gasteiger partial charge in [-0.15, -0.1) is 0 Å². The Bertz CT molecular complexity index is 766. The van der Waals surface area contributed by atoms with E-state index in [1.807, 2.05) is 13.0 Å². The molecule has 106 valence electrons. The Morgan fingerprint density at radius 1 is 1.25 bits per heavy atom. The number of pyridine rings is 1. The largest absolute Gasteiger partial charge is 0.280 e. The average Bonchev–Trinajstić information content (AvgIpc) is 2.37. The summed E-state index contributed by atoms with van der Waals surface area (Å²) in [5, 5.41) is 0.156. The van der Waals surface area contributed by atoms with Gasteiger partial charge in [-0.25, -0.2) is 13.4 Å². The van der Waals surface area contributed by atoms with Gasteiger partial charge in [0.15, 0.2) is 0 Å². The molecule has 0 saturated heterocycles. The highest BCUT2D eigenvalue weighted by molar-refractivity contribution is 14.1. The van der Waals surface area contributed by atoms with E-state index in [2.05, 4.69) is 32.3 Å². The number of hydrogen-bond donors (Lipinski definition) is 1. The monoisotopic (exact) mass is 442 g/mol. The van der Waals surface area contributed by atoms with Crippen molar-refractivity contribution in [2.24, 2.45) is 0 Å². The smallest absolute Gasteiger partial charge is 0.263 e. The Labute approximate surface area is 140 Å². The molecule has 2 aromatic rings. The van der Waals surface area contributed by atoms with E-state index in [-0.39, 0.29) is 15.1 Å². The quantitative estimate of drug-likeness (QED) is 0.575. The van der Waals surface area contributed by atoms with Crippen molar-refractivity contribution in [3.63, 3.8) is 0 Å². The first-order chi connectivity index (χ1) is 9.29. The number of nitrogens with one attached hydrogen (secondary N) is 1. The second-order valence-corrected chi connectivity index (χ2v) is 7.62. The average molecular weight is 443 g/mol. The third kappa shape index (κ3) is 3.55. The third-order valence-electron chi connectivity index (χ3n) is 2.51. The number of benzene rings is 1. The van der Waals surface area contributed by atoms with Gasteiger partial charge in [-0.2, -0.15) is 0 Å². The molecule has 1 aromatic heterocycles. The Hall–Kier alpha value is -0.570. The van der Waals surface area contributed by atoms with Gasteiger partial charge in [0.1, 0.15) is 10.0 Å². The van der Waals surface area contributed by atoms with Gasteiger partial charge in [-0.1, -0.05) is 29.3 Å². The van der Waals surface area contributed by atoms with E-state index < -0.39 is 10.0 Å². The van der Waals surface area contributed by atoms with E-state index in [1.54, 1.807) is 12.1 Å². The van der Waals surface area contributed by atoms with E-state index in [1.165, 1.54) is 6.07 Å². The van der Waals surface area contributed by atoms with Crippen molar-refractivity contribution >= 4 is 61.5 Å². The summed E-state index contributed by atoms with van der Waals surface area (Å²) < 4.78 is 27.9. The number of aryl methyl sites for hydroxylation is 1. The zero-order valence-electron chi connectivity index (χ0n) is 10.2. The maximum atomic E-state index is 12.2. The molecule has 2 rings (SSSR count). The number of aromatic nitrogens is 1. The third-order valence-corrected chi connectivity index (χ3v) is 5.70. The maximum absolute atomic E-state index is 12.2. The van der Waals surface area contributed by atoms with Gasteiger partial charge in [0.25, 0.3) is 10.0 Å². The van der Waals surface area contributed by atoms with Gasteiger partial charge in [0, 0.05) is 15.5 Å². The zero-order valence-corrected chi connectivity index (χ0v) is 14.7. The van der Waals surface area contributed by atoms with E-state index >= 15 is 0 Å². The van der Waals surface area contributed by atoms with E-state index in [4.69, 9.17) is 23.2 Å². The highest BCUT2D eigenvalue weighted by atomic mass is 127. The second-order valence-electron chi connectivity index (χ2n) is 4.01. The van der Waals surface area contributed by atoms with Crippen molar-refractivity contribution in [2.75, 3.05) is 4.72 Å². The van der Waals surface area contributed by atoms with Crippen LogP contribution in [0.15, 0.2) is 35.4 Å². The number of anilines is 1. The Kier molecular flexibility index (Phi) is 4.78. The first-order valence-electron chi connectivity index (χ1n) is 5.39. The predicted octanol–water partition coefficient (Wildman–Crippen LogP) is 4.10. The van der Waals surface area contributed by atoms with Crippen molar-refractivity contribution in [3.8, 4) is 0 Å². The number of sulfonamides is 1. The fourth-order valence-electron chi connectivity index (χ4n) is 1.42. The van der Waals surface area contributed by atoms with Crippen LogP contribution < -0.4 is 4.72 Å². The highest BCUT2D eigenvalue weighted by Gasteiger charge is 2.16. The van der Waals surface area contributed by atoms with Gasteiger partial charge in [0.2, 0.25) is 0 Å². The fraction of sp³-hybridized carbons (Fsp3) is 0.0833. The molecule has 1 N–H and O–H groups in total. The normalized spacial score (nSPS) is 11.4. The summed E-state index contributed by atoms with van der Waals surface area (Å²) in [4.78, 5) is 3.69. The van der Waals surface area contributed by atoms with E-state index in [0.717, 1.165) is 15.3 Å².